The average Bonchev–Trinajstić information content (AvgIpc) is 3.40. The molecule has 0 aliphatic carbocycles. The summed E-state index contributed by atoms with van der Waals surface area (Å²) < 4.78 is 5.32. The molecule has 3 aromatic rings. The maximum absolute atomic E-state index is 12.4. The third-order valence-corrected chi connectivity index (χ3v) is 5.41. The number of aromatic nitrogens is 2. The molecule has 1 aliphatic heterocycles. The van der Waals surface area contributed by atoms with Crippen molar-refractivity contribution in [1.82, 2.24) is 19.9 Å². The van der Waals surface area contributed by atoms with Crippen LogP contribution in [0.3, 0.4) is 0 Å². The minimum atomic E-state index is -0.450. The predicted molar refractivity (Wildman–Crippen MR) is 102 cm³/mol. The lowest BCUT2D eigenvalue weighted by Gasteiger charge is -2.33. The Morgan fingerprint density at radius 2 is 1.93 bits per heavy atom. The highest BCUT2D eigenvalue weighted by Crippen LogP contribution is 2.20. The molecule has 144 valence electrons. The molecular weight excluding hydrogens is 382 g/mol. The van der Waals surface area contributed by atoms with Crippen LogP contribution in [0.5, 0.6) is 0 Å². The van der Waals surface area contributed by atoms with Crippen LogP contribution in [-0.4, -0.2) is 56.9 Å². The molecule has 1 fully saturated rings. The SMILES string of the molecule is O=C(c1cccs1)N1CCN(Cc2nc(-c3ccc([N+](=O)[O-])cc3)no2)CC1. The minimum absolute atomic E-state index is 0.0161. The molecule has 0 unspecified atom stereocenters. The van der Waals surface area contributed by atoms with E-state index in [4.69, 9.17) is 4.52 Å². The lowest BCUT2D eigenvalue weighted by molar-refractivity contribution is -0.384. The highest BCUT2D eigenvalue weighted by Gasteiger charge is 2.24. The van der Waals surface area contributed by atoms with Crippen molar-refractivity contribution in [3.05, 3.63) is 62.7 Å². The second-order valence-electron chi connectivity index (χ2n) is 6.36. The zero-order valence-electron chi connectivity index (χ0n) is 14.9. The number of nitrogens with zero attached hydrogens (tertiary/aromatic N) is 5. The zero-order chi connectivity index (χ0) is 19.5. The topological polar surface area (TPSA) is 106 Å². The maximum atomic E-state index is 12.4. The molecule has 0 saturated carbocycles. The normalized spacial score (nSPS) is 14.9. The molecule has 4 rings (SSSR count). The van der Waals surface area contributed by atoms with Gasteiger partial charge >= 0.3 is 0 Å². The largest absolute Gasteiger partial charge is 0.338 e. The van der Waals surface area contributed by atoms with Gasteiger partial charge in [-0.1, -0.05) is 11.2 Å². The molecular formula is C18H17N5O4S. The van der Waals surface area contributed by atoms with Gasteiger partial charge < -0.3 is 9.42 Å². The third-order valence-electron chi connectivity index (χ3n) is 4.55. The highest BCUT2D eigenvalue weighted by atomic mass is 32.1. The molecule has 1 aromatic carbocycles. The molecule has 10 heteroatoms. The van der Waals surface area contributed by atoms with Crippen LogP contribution < -0.4 is 0 Å². The van der Waals surface area contributed by atoms with Crippen LogP contribution in [0.25, 0.3) is 11.4 Å². The van der Waals surface area contributed by atoms with E-state index in [0.717, 1.165) is 18.0 Å². The van der Waals surface area contributed by atoms with Gasteiger partial charge in [-0.3, -0.25) is 19.8 Å². The van der Waals surface area contributed by atoms with Gasteiger partial charge in [0, 0.05) is 43.9 Å². The Bertz CT molecular complexity index is 962. The maximum Gasteiger partial charge on any atom is 0.269 e. The van der Waals surface area contributed by atoms with E-state index in [-0.39, 0.29) is 11.6 Å². The van der Waals surface area contributed by atoms with Gasteiger partial charge in [0.2, 0.25) is 11.7 Å². The summed E-state index contributed by atoms with van der Waals surface area (Å²) in [7, 11) is 0. The van der Waals surface area contributed by atoms with Crippen LogP contribution in [0.1, 0.15) is 15.6 Å². The van der Waals surface area contributed by atoms with Gasteiger partial charge in [-0.25, -0.2) is 0 Å². The van der Waals surface area contributed by atoms with Gasteiger partial charge in [-0.2, -0.15) is 4.98 Å². The van der Waals surface area contributed by atoms with Crippen LogP contribution in [0.2, 0.25) is 0 Å². The van der Waals surface area contributed by atoms with E-state index in [0.29, 0.717) is 36.9 Å². The number of hydrogen-bond acceptors (Lipinski definition) is 8. The molecule has 9 nitrogen and oxygen atoms in total. The summed E-state index contributed by atoms with van der Waals surface area (Å²) in [6, 6.07) is 9.75. The predicted octanol–water partition coefficient (Wildman–Crippen LogP) is 2.66. The number of carbonyl (C=O) groups excluding carboxylic acids is 1. The van der Waals surface area contributed by atoms with Crippen molar-refractivity contribution < 1.29 is 14.2 Å². The molecule has 0 atom stereocenters. The first-order valence-electron chi connectivity index (χ1n) is 8.73. The van der Waals surface area contributed by atoms with Crippen LogP contribution in [0, 0.1) is 10.1 Å². The first-order chi connectivity index (χ1) is 13.6. The van der Waals surface area contributed by atoms with E-state index >= 15 is 0 Å². The molecule has 0 bridgehead atoms. The zero-order valence-corrected chi connectivity index (χ0v) is 15.7. The van der Waals surface area contributed by atoms with Crippen molar-refractivity contribution >= 4 is 22.9 Å². The van der Waals surface area contributed by atoms with Crippen molar-refractivity contribution in [3.63, 3.8) is 0 Å². The van der Waals surface area contributed by atoms with Gasteiger partial charge in [0.1, 0.15) is 0 Å². The number of rotatable bonds is 5. The van der Waals surface area contributed by atoms with E-state index in [1.165, 1.54) is 23.5 Å². The fourth-order valence-corrected chi connectivity index (χ4v) is 3.72. The van der Waals surface area contributed by atoms with Gasteiger partial charge in [-0.15, -0.1) is 11.3 Å². The average molecular weight is 399 g/mol. The van der Waals surface area contributed by atoms with Gasteiger partial charge in [0.15, 0.2) is 0 Å². The molecule has 2 aromatic heterocycles. The Kier molecular flexibility index (Phi) is 5.13. The highest BCUT2D eigenvalue weighted by molar-refractivity contribution is 7.12. The van der Waals surface area contributed by atoms with E-state index < -0.39 is 4.92 Å². The summed E-state index contributed by atoms with van der Waals surface area (Å²) >= 11 is 1.46. The standard InChI is InChI=1S/C18H17N5O4S/c24-18(15-2-1-11-28-15)22-9-7-21(8-10-22)12-16-19-17(20-27-16)13-3-5-14(6-4-13)23(25)26/h1-6,11H,7-10,12H2. The number of thiophene rings is 1. The molecule has 0 radical (unpaired) electrons. The summed E-state index contributed by atoms with van der Waals surface area (Å²) in [4.78, 5) is 31.8. The Morgan fingerprint density at radius 1 is 1.18 bits per heavy atom. The molecule has 3 heterocycles. The van der Waals surface area contributed by atoms with E-state index in [1.54, 1.807) is 12.1 Å². The fraction of sp³-hybridized carbons (Fsp3) is 0.278. The van der Waals surface area contributed by atoms with Crippen molar-refractivity contribution in [3.8, 4) is 11.4 Å². The minimum Gasteiger partial charge on any atom is -0.338 e. The summed E-state index contributed by atoms with van der Waals surface area (Å²) in [5.41, 5.74) is 0.675. The number of piperazine rings is 1. The first-order valence-corrected chi connectivity index (χ1v) is 9.60. The number of nitro groups is 1. The second kappa shape index (κ2) is 7.87. The summed E-state index contributed by atoms with van der Waals surface area (Å²) in [6.07, 6.45) is 0. The first kappa shape index (κ1) is 18.3. The van der Waals surface area contributed by atoms with E-state index in [2.05, 4.69) is 15.0 Å². The van der Waals surface area contributed by atoms with Gasteiger partial charge in [0.25, 0.3) is 11.6 Å². The number of carbonyl (C=O) groups is 1. The van der Waals surface area contributed by atoms with Crippen LogP contribution in [0.15, 0.2) is 46.3 Å². The third kappa shape index (κ3) is 3.92. The summed E-state index contributed by atoms with van der Waals surface area (Å²) in [5.74, 6) is 0.954. The van der Waals surface area contributed by atoms with E-state index in [9.17, 15) is 14.9 Å². The van der Waals surface area contributed by atoms with Crippen LogP contribution >= 0.6 is 11.3 Å². The summed E-state index contributed by atoms with van der Waals surface area (Å²) in [5, 5.41) is 16.6. The van der Waals surface area contributed by atoms with Crippen LogP contribution in [0.4, 0.5) is 5.69 Å². The number of benzene rings is 1. The van der Waals surface area contributed by atoms with Gasteiger partial charge in [0.05, 0.1) is 16.3 Å². The molecule has 1 aliphatic rings. The van der Waals surface area contributed by atoms with Crippen molar-refractivity contribution in [2.75, 3.05) is 26.2 Å². The van der Waals surface area contributed by atoms with Crippen molar-refractivity contribution in [2.24, 2.45) is 0 Å². The fourth-order valence-electron chi connectivity index (χ4n) is 3.03. The Hall–Kier alpha value is -3.11. The van der Waals surface area contributed by atoms with Crippen molar-refractivity contribution in [1.29, 1.82) is 0 Å². The van der Waals surface area contributed by atoms with Crippen LogP contribution in [-0.2, 0) is 6.54 Å². The number of hydrogen-bond donors (Lipinski definition) is 0. The number of nitro benzene ring substituents is 1. The monoisotopic (exact) mass is 399 g/mol. The molecule has 1 saturated heterocycles. The van der Waals surface area contributed by atoms with Crippen molar-refractivity contribution in [2.45, 2.75) is 6.54 Å². The Labute approximate surface area is 164 Å². The lowest BCUT2D eigenvalue weighted by atomic mass is 10.2. The molecule has 0 spiro atoms. The smallest absolute Gasteiger partial charge is 0.269 e. The second-order valence-corrected chi connectivity index (χ2v) is 7.31. The molecule has 1 amide bonds. The molecule has 28 heavy (non-hydrogen) atoms. The summed E-state index contributed by atoms with van der Waals surface area (Å²) in [6.45, 7) is 3.26. The lowest BCUT2D eigenvalue weighted by Crippen LogP contribution is -2.48. The molecule has 0 N–H and O–H groups in total. The Balaban J connectivity index is 1.33. The number of non-ortho nitro benzene ring substituents is 1. The Morgan fingerprint density at radius 3 is 2.57 bits per heavy atom. The van der Waals surface area contributed by atoms with Gasteiger partial charge in [-0.05, 0) is 23.6 Å². The van der Waals surface area contributed by atoms with E-state index in [1.807, 2.05) is 22.4 Å². The quantitative estimate of drug-likeness (QED) is 0.480. The number of amides is 1.